The van der Waals surface area contributed by atoms with Crippen LogP contribution < -0.4 is 0 Å². The quantitative estimate of drug-likeness (QED) is 0.789. The van der Waals surface area contributed by atoms with Gasteiger partial charge in [-0.05, 0) is 12.1 Å². The van der Waals surface area contributed by atoms with Gasteiger partial charge in [0, 0.05) is 12.8 Å². The third-order valence-electron chi connectivity index (χ3n) is 3.56. The highest BCUT2D eigenvalue weighted by Gasteiger charge is 2.48. The van der Waals surface area contributed by atoms with Crippen molar-refractivity contribution in [3.63, 3.8) is 0 Å². The van der Waals surface area contributed by atoms with Crippen LogP contribution in [0.25, 0.3) is 0 Å². The van der Waals surface area contributed by atoms with Crippen LogP contribution in [0.5, 0.6) is 0 Å². The minimum absolute atomic E-state index is 0.0145. The Balaban J connectivity index is 2.33. The average molecular weight is 234 g/mol. The Labute approximate surface area is 100 Å². The van der Waals surface area contributed by atoms with Crippen molar-refractivity contribution in [1.82, 2.24) is 0 Å². The minimum Gasteiger partial charge on any atom is -0.477 e. The lowest BCUT2D eigenvalue weighted by atomic mass is 10.1. The molecule has 1 aliphatic rings. The highest BCUT2D eigenvalue weighted by molar-refractivity contribution is 5.90. The minimum atomic E-state index is -0.880. The summed E-state index contributed by atoms with van der Waals surface area (Å²) in [6.07, 6.45) is 1.36. The first-order valence-corrected chi connectivity index (χ1v) is 5.73. The lowest BCUT2D eigenvalue weighted by Gasteiger charge is -2.30. The van der Waals surface area contributed by atoms with E-state index in [1.807, 2.05) is 6.07 Å². The summed E-state index contributed by atoms with van der Waals surface area (Å²) in [7, 11) is 1.72. The van der Waals surface area contributed by atoms with Crippen molar-refractivity contribution in [3.05, 3.63) is 35.9 Å². The topological polar surface area (TPSA) is 54.4 Å². The number of likely N-dealkylation sites (tertiary alicyclic amines) is 1. The van der Waals surface area contributed by atoms with E-state index in [0.29, 0.717) is 18.5 Å². The summed E-state index contributed by atoms with van der Waals surface area (Å²) in [5.41, 5.74) is 0.586. The van der Waals surface area contributed by atoms with Gasteiger partial charge >= 0.3 is 11.9 Å². The van der Waals surface area contributed by atoms with E-state index in [1.54, 1.807) is 31.3 Å². The summed E-state index contributed by atoms with van der Waals surface area (Å²) in [4.78, 5) is 23.6. The van der Waals surface area contributed by atoms with Crippen LogP contribution in [0, 0.1) is 0 Å². The zero-order chi connectivity index (χ0) is 12.5. The van der Waals surface area contributed by atoms with Crippen LogP contribution in [-0.2, 0) is 4.79 Å². The smallest absolute Gasteiger partial charge is 0.363 e. The van der Waals surface area contributed by atoms with Gasteiger partial charge in [-0.3, -0.25) is 0 Å². The summed E-state index contributed by atoms with van der Waals surface area (Å²) < 4.78 is -0.0145. The molecule has 90 valence electrons. The molecule has 0 radical (unpaired) electrons. The number of carboxylic acids is 1. The van der Waals surface area contributed by atoms with Crippen molar-refractivity contribution < 1.29 is 19.2 Å². The number of amides is 1. The number of carboxylic acid groups (broad SMARTS) is 1. The summed E-state index contributed by atoms with van der Waals surface area (Å²) >= 11 is 0. The van der Waals surface area contributed by atoms with Gasteiger partial charge in [0.15, 0.2) is 6.04 Å². The Kier molecular flexibility index (Phi) is 2.98. The normalized spacial score (nSPS) is 27.9. The Bertz CT molecular complexity index is 443. The Hall–Kier alpha value is -1.68. The molecule has 1 N–H and O–H groups in total. The molecule has 1 unspecified atom stereocenters. The molecule has 1 heterocycles. The molecule has 0 bridgehead atoms. The number of hydrogen-bond acceptors (Lipinski definition) is 2. The summed E-state index contributed by atoms with van der Waals surface area (Å²) in [6.45, 7) is 0.602. The highest BCUT2D eigenvalue weighted by Crippen LogP contribution is 2.27. The second-order valence-electron chi connectivity index (χ2n) is 4.66. The molecule has 1 fully saturated rings. The standard InChI is InChI=1S/C13H15NO3/c1-14(9-5-8-11(14)13(16)17)12(15)10-6-3-2-4-7-10/h2-4,6-7,11H,5,8-9H2,1H3/p+1/t11?,14-/m1/s1. The van der Waals surface area contributed by atoms with Crippen LogP contribution >= 0.6 is 0 Å². The van der Waals surface area contributed by atoms with Crippen molar-refractivity contribution in [1.29, 1.82) is 0 Å². The van der Waals surface area contributed by atoms with Crippen molar-refractivity contribution in [2.75, 3.05) is 13.6 Å². The molecule has 2 atom stereocenters. The molecule has 1 saturated heterocycles. The monoisotopic (exact) mass is 234 g/mol. The summed E-state index contributed by atoms with van der Waals surface area (Å²) in [5.74, 6) is -0.982. The van der Waals surface area contributed by atoms with Crippen molar-refractivity contribution in [3.8, 4) is 0 Å². The van der Waals surface area contributed by atoms with Crippen LogP contribution in [0.3, 0.4) is 0 Å². The molecular formula is C13H16NO3+. The lowest BCUT2D eigenvalue weighted by molar-refractivity contribution is -0.832. The molecule has 4 heteroatoms. The molecule has 4 nitrogen and oxygen atoms in total. The van der Waals surface area contributed by atoms with E-state index >= 15 is 0 Å². The Morgan fingerprint density at radius 1 is 1.29 bits per heavy atom. The second-order valence-corrected chi connectivity index (χ2v) is 4.66. The van der Waals surface area contributed by atoms with Crippen LogP contribution in [0.1, 0.15) is 23.2 Å². The van der Waals surface area contributed by atoms with Crippen molar-refractivity contribution in [2.24, 2.45) is 0 Å². The van der Waals surface area contributed by atoms with Gasteiger partial charge in [0.1, 0.15) is 0 Å². The Morgan fingerprint density at radius 3 is 2.53 bits per heavy atom. The second kappa shape index (κ2) is 4.30. The molecule has 1 aromatic rings. The fourth-order valence-corrected chi connectivity index (χ4v) is 2.54. The fourth-order valence-electron chi connectivity index (χ4n) is 2.54. The fraction of sp³-hybridized carbons (Fsp3) is 0.385. The van der Waals surface area contributed by atoms with Gasteiger partial charge in [-0.25, -0.2) is 14.1 Å². The first-order valence-electron chi connectivity index (χ1n) is 5.73. The predicted octanol–water partition coefficient (Wildman–Crippen LogP) is 1.52. The molecule has 2 rings (SSSR count). The van der Waals surface area contributed by atoms with E-state index in [0.717, 1.165) is 6.42 Å². The van der Waals surface area contributed by atoms with E-state index in [2.05, 4.69) is 0 Å². The van der Waals surface area contributed by atoms with Gasteiger partial charge in [0.05, 0.1) is 19.2 Å². The predicted molar refractivity (Wildman–Crippen MR) is 62.5 cm³/mol. The van der Waals surface area contributed by atoms with Crippen LogP contribution in [0.2, 0.25) is 0 Å². The zero-order valence-corrected chi connectivity index (χ0v) is 9.80. The average Bonchev–Trinajstić information content (AvgIpc) is 2.73. The zero-order valence-electron chi connectivity index (χ0n) is 9.80. The molecule has 1 aromatic carbocycles. The van der Waals surface area contributed by atoms with Gasteiger partial charge in [-0.15, -0.1) is 0 Å². The molecule has 1 amide bonds. The first kappa shape index (κ1) is 11.8. The van der Waals surface area contributed by atoms with E-state index in [9.17, 15) is 14.7 Å². The molecule has 1 aliphatic heterocycles. The number of hydrogen-bond donors (Lipinski definition) is 1. The molecule has 17 heavy (non-hydrogen) atoms. The maximum atomic E-state index is 12.4. The van der Waals surface area contributed by atoms with E-state index in [1.165, 1.54) is 0 Å². The summed E-state index contributed by atoms with van der Waals surface area (Å²) in [6, 6.07) is 8.31. The lowest BCUT2D eigenvalue weighted by Crippen LogP contribution is -2.55. The van der Waals surface area contributed by atoms with Crippen LogP contribution in [0.15, 0.2) is 30.3 Å². The largest absolute Gasteiger partial charge is 0.477 e. The van der Waals surface area contributed by atoms with Gasteiger partial charge in [0.2, 0.25) is 0 Å². The number of benzene rings is 1. The van der Waals surface area contributed by atoms with Crippen molar-refractivity contribution >= 4 is 11.9 Å². The number of aliphatic carboxylic acids is 1. The molecule has 0 spiro atoms. The third kappa shape index (κ3) is 1.96. The summed E-state index contributed by atoms with van der Waals surface area (Å²) in [5, 5.41) is 9.18. The SMILES string of the molecule is C[N@@+]1(C(=O)c2ccccc2)CCCC1C(=O)O. The molecule has 0 saturated carbocycles. The first-order chi connectivity index (χ1) is 8.05. The molecule has 0 aliphatic carbocycles. The number of likely N-dealkylation sites (N-methyl/N-ethyl adjacent to an activating group) is 1. The number of quaternary nitrogens is 1. The van der Waals surface area contributed by atoms with E-state index < -0.39 is 12.0 Å². The van der Waals surface area contributed by atoms with Gasteiger partial charge < -0.3 is 5.11 Å². The molecular weight excluding hydrogens is 218 g/mol. The van der Waals surface area contributed by atoms with Crippen LogP contribution in [0.4, 0.5) is 0 Å². The van der Waals surface area contributed by atoms with E-state index in [4.69, 9.17) is 0 Å². The maximum Gasteiger partial charge on any atom is 0.363 e. The highest BCUT2D eigenvalue weighted by atomic mass is 16.4. The van der Waals surface area contributed by atoms with E-state index in [-0.39, 0.29) is 10.4 Å². The molecule has 0 aromatic heterocycles. The van der Waals surface area contributed by atoms with Gasteiger partial charge in [-0.1, -0.05) is 18.2 Å². The van der Waals surface area contributed by atoms with Gasteiger partial charge in [0.25, 0.3) is 0 Å². The number of carbonyl (C=O) groups excluding carboxylic acids is 1. The maximum absolute atomic E-state index is 12.4. The van der Waals surface area contributed by atoms with Gasteiger partial charge in [-0.2, -0.15) is 0 Å². The number of carbonyl (C=O) groups is 2. The number of nitrogens with zero attached hydrogens (tertiary/aromatic N) is 1. The number of rotatable bonds is 2. The Morgan fingerprint density at radius 2 is 1.94 bits per heavy atom. The third-order valence-corrected chi connectivity index (χ3v) is 3.56. The van der Waals surface area contributed by atoms with Crippen molar-refractivity contribution in [2.45, 2.75) is 18.9 Å². The van der Waals surface area contributed by atoms with Crippen LogP contribution in [-0.4, -0.2) is 41.1 Å².